The molecule has 4 rings (SSSR count). The normalized spacial score (nSPS) is 15.3. The summed E-state index contributed by atoms with van der Waals surface area (Å²) >= 11 is 0. The third-order valence-electron chi connectivity index (χ3n) is 6.33. The molecule has 3 aromatic rings. The molecule has 0 bridgehead atoms. The highest BCUT2D eigenvalue weighted by atomic mass is 19.4. The van der Waals surface area contributed by atoms with Gasteiger partial charge in [0.05, 0.1) is 12.1 Å². The van der Waals surface area contributed by atoms with Crippen molar-refractivity contribution in [1.82, 2.24) is 15.6 Å². The van der Waals surface area contributed by atoms with Crippen LogP contribution in [0.2, 0.25) is 0 Å². The molecule has 1 aromatic heterocycles. The van der Waals surface area contributed by atoms with Gasteiger partial charge in [0.1, 0.15) is 5.82 Å². The van der Waals surface area contributed by atoms with Gasteiger partial charge in [-0.2, -0.15) is 13.2 Å². The molecule has 2 atom stereocenters. The second-order valence-corrected chi connectivity index (χ2v) is 9.59. The quantitative estimate of drug-likeness (QED) is 0.326. The number of carbonyl (C=O) groups excluding carboxylic acids is 1. The first-order valence-corrected chi connectivity index (χ1v) is 12.1. The first-order chi connectivity index (χ1) is 17.5. The fraction of sp³-hybridized carbons (Fsp3) is 0.357. The minimum atomic E-state index is -4.67. The van der Waals surface area contributed by atoms with Crippen molar-refractivity contribution in [3.8, 4) is 11.1 Å². The van der Waals surface area contributed by atoms with E-state index in [-0.39, 0.29) is 47.6 Å². The summed E-state index contributed by atoms with van der Waals surface area (Å²) in [5.41, 5.74) is 1.09. The number of hydrogen-bond acceptors (Lipinski definition) is 4. The number of nitrogens with one attached hydrogen (secondary N) is 2. The molecular weight excluding hydrogens is 486 g/mol. The van der Waals surface area contributed by atoms with Crippen molar-refractivity contribution < 1.29 is 27.5 Å². The highest BCUT2D eigenvalue weighted by molar-refractivity contribution is 5.96. The fourth-order valence-corrected chi connectivity index (χ4v) is 4.36. The number of aliphatic hydroxyl groups is 1. The molecule has 0 radical (unpaired) electrons. The minimum Gasteiger partial charge on any atom is -0.392 e. The van der Waals surface area contributed by atoms with Crippen LogP contribution in [0.25, 0.3) is 11.1 Å². The van der Waals surface area contributed by atoms with E-state index in [1.165, 1.54) is 24.3 Å². The lowest BCUT2D eigenvalue weighted by molar-refractivity contribution is -0.140. The predicted molar refractivity (Wildman–Crippen MR) is 132 cm³/mol. The number of halogens is 4. The van der Waals surface area contributed by atoms with E-state index in [0.717, 1.165) is 24.6 Å². The number of rotatable bonds is 9. The first kappa shape index (κ1) is 26.8. The summed E-state index contributed by atoms with van der Waals surface area (Å²) in [4.78, 5) is 17.0. The number of aliphatic hydroxyl groups excluding tert-OH is 1. The maximum Gasteiger partial charge on any atom is 0.433 e. The molecule has 196 valence electrons. The molecule has 0 saturated heterocycles. The Morgan fingerprint density at radius 3 is 2.57 bits per heavy atom. The molecular formula is C28H29F4N3O2. The van der Waals surface area contributed by atoms with E-state index in [2.05, 4.69) is 15.6 Å². The fourth-order valence-electron chi connectivity index (χ4n) is 4.36. The smallest absolute Gasteiger partial charge is 0.392 e. The Kier molecular flexibility index (Phi) is 7.94. The molecule has 1 aliphatic rings. The molecule has 1 saturated carbocycles. The first-order valence-electron chi connectivity index (χ1n) is 12.1. The highest BCUT2D eigenvalue weighted by Crippen LogP contribution is 2.42. The zero-order valence-electron chi connectivity index (χ0n) is 20.6. The Labute approximate surface area is 212 Å². The lowest BCUT2D eigenvalue weighted by atomic mass is 9.96. The lowest BCUT2D eigenvalue weighted by Gasteiger charge is -2.20. The van der Waals surface area contributed by atoms with E-state index in [4.69, 9.17) is 0 Å². The van der Waals surface area contributed by atoms with Crippen LogP contribution in [0.5, 0.6) is 0 Å². The Morgan fingerprint density at radius 1 is 1.16 bits per heavy atom. The Hall–Kier alpha value is -3.30. The van der Waals surface area contributed by atoms with Gasteiger partial charge in [-0.25, -0.2) is 4.39 Å². The number of hydrogen-bond donors (Lipinski definition) is 3. The average Bonchev–Trinajstić information content (AvgIpc) is 3.68. The van der Waals surface area contributed by atoms with E-state index in [0.29, 0.717) is 11.1 Å². The van der Waals surface area contributed by atoms with Gasteiger partial charge in [-0.3, -0.25) is 9.78 Å². The molecule has 9 heteroatoms. The second kappa shape index (κ2) is 11.0. The molecule has 5 nitrogen and oxygen atoms in total. The number of aryl methyl sites for hydroxylation is 1. The molecule has 0 aliphatic heterocycles. The number of amides is 1. The highest BCUT2D eigenvalue weighted by Gasteiger charge is 2.36. The summed E-state index contributed by atoms with van der Waals surface area (Å²) in [5.74, 6) is -0.558. The molecule has 0 spiro atoms. The number of nitrogens with zero attached hydrogens (tertiary/aromatic N) is 1. The molecule has 2 unspecified atom stereocenters. The van der Waals surface area contributed by atoms with Crippen molar-refractivity contribution >= 4 is 5.91 Å². The number of aromatic nitrogens is 1. The summed E-state index contributed by atoms with van der Waals surface area (Å²) < 4.78 is 54.9. The van der Waals surface area contributed by atoms with Crippen LogP contribution in [0, 0.1) is 18.7 Å². The topological polar surface area (TPSA) is 74.2 Å². The number of benzene rings is 2. The van der Waals surface area contributed by atoms with E-state index >= 15 is 0 Å². The summed E-state index contributed by atoms with van der Waals surface area (Å²) in [7, 11) is 0. The standard InChI is InChI=1S/C28H29F4N3O2/c1-16-10-20(7-8-24(16)29)25(19-5-6-19)35-27(37)22-12-18(15-33-14-17(2)36)11-21(13-22)23-4-3-9-34-26(23)28(30,31)32/h3-4,7-13,17,19,25,33,36H,5-6,14-15H2,1-2H3,(H,35,37). The van der Waals surface area contributed by atoms with Crippen LogP contribution >= 0.6 is 0 Å². The van der Waals surface area contributed by atoms with Gasteiger partial charge < -0.3 is 15.7 Å². The SMILES string of the molecule is Cc1cc(C(NC(=O)c2cc(CNCC(C)O)cc(-c3cccnc3C(F)(F)F)c2)C2CC2)ccc1F. The predicted octanol–water partition coefficient (Wildman–Crippen LogP) is 5.57. The van der Waals surface area contributed by atoms with Crippen molar-refractivity contribution in [1.29, 1.82) is 0 Å². The molecule has 3 N–H and O–H groups in total. The van der Waals surface area contributed by atoms with Gasteiger partial charge in [-0.05, 0) is 85.2 Å². The van der Waals surface area contributed by atoms with E-state index < -0.39 is 23.9 Å². The van der Waals surface area contributed by atoms with Gasteiger partial charge in [-0.1, -0.05) is 18.2 Å². The zero-order chi connectivity index (χ0) is 26.7. The van der Waals surface area contributed by atoms with Gasteiger partial charge in [0, 0.05) is 30.4 Å². The molecule has 1 amide bonds. The van der Waals surface area contributed by atoms with Gasteiger partial charge >= 0.3 is 6.18 Å². The second-order valence-electron chi connectivity index (χ2n) is 9.59. The average molecular weight is 516 g/mol. The molecule has 1 fully saturated rings. The van der Waals surface area contributed by atoms with E-state index in [1.54, 1.807) is 38.1 Å². The van der Waals surface area contributed by atoms with Crippen molar-refractivity contribution in [2.75, 3.05) is 6.54 Å². The van der Waals surface area contributed by atoms with E-state index in [1.807, 2.05) is 0 Å². The van der Waals surface area contributed by atoms with Gasteiger partial charge in [-0.15, -0.1) is 0 Å². The van der Waals surface area contributed by atoms with Crippen molar-refractivity contribution in [3.63, 3.8) is 0 Å². The van der Waals surface area contributed by atoms with E-state index in [9.17, 15) is 27.5 Å². The van der Waals surface area contributed by atoms with Crippen LogP contribution in [0.4, 0.5) is 17.6 Å². The van der Waals surface area contributed by atoms with Gasteiger partial charge in [0.2, 0.25) is 0 Å². The molecule has 37 heavy (non-hydrogen) atoms. The minimum absolute atomic E-state index is 0.130. The summed E-state index contributed by atoms with van der Waals surface area (Å²) in [5, 5.41) is 15.6. The van der Waals surface area contributed by atoms with Crippen molar-refractivity contribution in [3.05, 3.63) is 88.5 Å². The van der Waals surface area contributed by atoms with Crippen LogP contribution < -0.4 is 10.6 Å². The van der Waals surface area contributed by atoms with Crippen LogP contribution in [0.15, 0.2) is 54.7 Å². The number of carbonyl (C=O) groups is 1. The zero-order valence-corrected chi connectivity index (χ0v) is 20.6. The lowest BCUT2D eigenvalue weighted by Crippen LogP contribution is -2.30. The maximum absolute atomic E-state index is 13.8. The summed E-state index contributed by atoms with van der Waals surface area (Å²) in [6.45, 7) is 3.79. The van der Waals surface area contributed by atoms with Crippen molar-refractivity contribution in [2.45, 2.75) is 51.6 Å². The summed E-state index contributed by atoms with van der Waals surface area (Å²) in [6.07, 6.45) is -2.36. The Bertz CT molecular complexity index is 1270. The van der Waals surface area contributed by atoms with Gasteiger partial charge in [0.15, 0.2) is 5.69 Å². The van der Waals surface area contributed by atoms with Crippen LogP contribution in [-0.4, -0.2) is 28.6 Å². The largest absolute Gasteiger partial charge is 0.433 e. The number of pyridine rings is 1. The maximum atomic E-state index is 13.8. The monoisotopic (exact) mass is 515 g/mol. The Balaban J connectivity index is 1.70. The van der Waals surface area contributed by atoms with Crippen LogP contribution in [0.3, 0.4) is 0 Å². The third kappa shape index (κ3) is 6.72. The third-order valence-corrected chi connectivity index (χ3v) is 6.33. The Morgan fingerprint density at radius 2 is 1.92 bits per heavy atom. The summed E-state index contributed by atoms with van der Waals surface area (Å²) in [6, 6.07) is 11.8. The molecule has 1 aliphatic carbocycles. The molecule has 1 heterocycles. The number of alkyl halides is 3. The molecule has 2 aromatic carbocycles. The van der Waals surface area contributed by atoms with Crippen LogP contribution in [0.1, 0.15) is 58.5 Å². The van der Waals surface area contributed by atoms with Gasteiger partial charge in [0.25, 0.3) is 5.91 Å². The van der Waals surface area contributed by atoms with Crippen molar-refractivity contribution in [2.24, 2.45) is 5.92 Å². The van der Waals surface area contributed by atoms with Crippen LogP contribution in [-0.2, 0) is 12.7 Å².